The van der Waals surface area contributed by atoms with E-state index < -0.39 is 12.0 Å². The summed E-state index contributed by atoms with van der Waals surface area (Å²) >= 11 is 0. The Balaban J connectivity index is 1.91. The molecule has 1 aliphatic heterocycles. The van der Waals surface area contributed by atoms with E-state index in [9.17, 15) is 9.59 Å². The quantitative estimate of drug-likeness (QED) is 0.859. The molecule has 1 aromatic heterocycles. The van der Waals surface area contributed by atoms with Gasteiger partial charge in [-0.15, -0.1) is 0 Å². The van der Waals surface area contributed by atoms with Gasteiger partial charge in [-0.25, -0.2) is 4.79 Å². The first-order valence-corrected chi connectivity index (χ1v) is 6.35. The molecule has 2 N–H and O–H groups in total. The highest BCUT2D eigenvalue weighted by Crippen LogP contribution is 2.18. The van der Waals surface area contributed by atoms with E-state index in [1.54, 1.807) is 18.3 Å². The molecule has 0 bridgehead atoms. The lowest BCUT2D eigenvalue weighted by Crippen LogP contribution is -2.52. The number of aliphatic carboxylic acids is 1. The molecular weight excluding hydrogens is 260 g/mol. The summed E-state index contributed by atoms with van der Waals surface area (Å²) in [4.78, 5) is 28.1. The second-order valence-corrected chi connectivity index (χ2v) is 4.71. The van der Waals surface area contributed by atoms with Gasteiger partial charge in [0.25, 0.3) is 5.91 Å². The predicted molar refractivity (Wildman–Crippen MR) is 71.6 cm³/mol. The Morgan fingerprint density at radius 1 is 1.35 bits per heavy atom. The van der Waals surface area contributed by atoms with Crippen LogP contribution in [-0.4, -0.2) is 52.7 Å². The Hall–Kier alpha value is -2.34. The topological polar surface area (TPSA) is 82.6 Å². The minimum absolute atomic E-state index is 0.0336. The Morgan fingerprint density at radius 2 is 2.20 bits per heavy atom. The van der Waals surface area contributed by atoms with E-state index >= 15 is 0 Å². The molecule has 2 aromatic rings. The summed E-state index contributed by atoms with van der Waals surface area (Å²) in [5, 5.41) is 10.2. The van der Waals surface area contributed by atoms with Gasteiger partial charge >= 0.3 is 5.97 Å². The number of rotatable bonds is 2. The van der Waals surface area contributed by atoms with Crippen molar-refractivity contribution in [3.8, 4) is 0 Å². The number of H-pyrrole nitrogens is 1. The number of carboxylic acid groups (broad SMARTS) is 1. The zero-order valence-corrected chi connectivity index (χ0v) is 10.7. The summed E-state index contributed by atoms with van der Waals surface area (Å²) in [6.07, 6.45) is 1.80. The van der Waals surface area contributed by atoms with Gasteiger partial charge < -0.3 is 19.7 Å². The highest BCUT2D eigenvalue weighted by Gasteiger charge is 2.33. The number of carboxylic acids is 1. The van der Waals surface area contributed by atoms with Crippen molar-refractivity contribution < 1.29 is 19.4 Å². The summed E-state index contributed by atoms with van der Waals surface area (Å²) < 4.78 is 5.14. The van der Waals surface area contributed by atoms with E-state index in [0.29, 0.717) is 18.7 Å². The van der Waals surface area contributed by atoms with Crippen LogP contribution in [0, 0.1) is 0 Å². The standard InChI is InChI=1S/C14H14N2O4/c17-13(16-5-6-20-8-12(16)14(18)19)10-2-1-9-3-4-15-11(9)7-10/h1-4,7,12,15H,5-6,8H2,(H,18,19). The summed E-state index contributed by atoms with van der Waals surface area (Å²) in [5.41, 5.74) is 1.34. The van der Waals surface area contributed by atoms with Gasteiger partial charge in [0.2, 0.25) is 0 Å². The molecule has 6 nitrogen and oxygen atoms in total. The van der Waals surface area contributed by atoms with E-state index in [0.717, 1.165) is 10.9 Å². The van der Waals surface area contributed by atoms with Crippen molar-refractivity contribution in [3.63, 3.8) is 0 Å². The van der Waals surface area contributed by atoms with Crippen LogP contribution in [0.25, 0.3) is 10.9 Å². The number of aromatic amines is 1. The molecule has 104 valence electrons. The first-order chi connectivity index (χ1) is 9.66. The molecule has 0 saturated carbocycles. The summed E-state index contributed by atoms with van der Waals surface area (Å²) in [6.45, 7) is 0.685. The molecular formula is C14H14N2O4. The Bertz CT molecular complexity index is 664. The molecule has 1 fully saturated rings. The SMILES string of the molecule is O=C(O)C1COCCN1C(=O)c1ccc2cc[nH]c2c1. The molecule has 1 unspecified atom stereocenters. The first kappa shape index (κ1) is 12.7. The van der Waals surface area contributed by atoms with Crippen LogP contribution in [0.4, 0.5) is 0 Å². The van der Waals surface area contributed by atoms with E-state index in [1.807, 2.05) is 12.1 Å². The van der Waals surface area contributed by atoms with Crippen molar-refractivity contribution in [2.45, 2.75) is 6.04 Å². The fourth-order valence-electron chi connectivity index (χ4n) is 2.40. The second-order valence-electron chi connectivity index (χ2n) is 4.71. The minimum Gasteiger partial charge on any atom is -0.480 e. The van der Waals surface area contributed by atoms with Crippen molar-refractivity contribution in [2.24, 2.45) is 0 Å². The maximum absolute atomic E-state index is 12.5. The third-order valence-corrected chi connectivity index (χ3v) is 3.48. The largest absolute Gasteiger partial charge is 0.480 e. The number of carbonyl (C=O) groups excluding carboxylic acids is 1. The highest BCUT2D eigenvalue weighted by atomic mass is 16.5. The number of benzene rings is 1. The second kappa shape index (κ2) is 4.97. The van der Waals surface area contributed by atoms with Gasteiger partial charge in [0, 0.05) is 23.8 Å². The van der Waals surface area contributed by atoms with Gasteiger partial charge in [0.1, 0.15) is 0 Å². The van der Waals surface area contributed by atoms with Crippen LogP contribution in [0.5, 0.6) is 0 Å². The van der Waals surface area contributed by atoms with Crippen LogP contribution in [0.1, 0.15) is 10.4 Å². The molecule has 0 aliphatic carbocycles. The van der Waals surface area contributed by atoms with Crippen LogP contribution in [0.15, 0.2) is 30.5 Å². The molecule has 1 amide bonds. The molecule has 2 heterocycles. The van der Waals surface area contributed by atoms with Gasteiger partial charge in [-0.1, -0.05) is 6.07 Å². The number of amides is 1. The lowest BCUT2D eigenvalue weighted by Gasteiger charge is -2.32. The van der Waals surface area contributed by atoms with Crippen LogP contribution in [0.3, 0.4) is 0 Å². The predicted octanol–water partition coefficient (Wildman–Crippen LogP) is 1.09. The van der Waals surface area contributed by atoms with Crippen molar-refractivity contribution in [2.75, 3.05) is 19.8 Å². The maximum atomic E-state index is 12.5. The molecule has 20 heavy (non-hydrogen) atoms. The van der Waals surface area contributed by atoms with E-state index in [4.69, 9.17) is 9.84 Å². The average Bonchev–Trinajstić information content (AvgIpc) is 2.93. The number of hydrogen-bond acceptors (Lipinski definition) is 3. The lowest BCUT2D eigenvalue weighted by molar-refractivity contribution is -0.147. The third-order valence-electron chi connectivity index (χ3n) is 3.48. The molecule has 0 radical (unpaired) electrons. The Kier molecular flexibility index (Phi) is 3.15. The van der Waals surface area contributed by atoms with E-state index in [1.165, 1.54) is 4.90 Å². The molecule has 1 aromatic carbocycles. The van der Waals surface area contributed by atoms with Crippen molar-refractivity contribution in [1.29, 1.82) is 0 Å². The zero-order valence-electron chi connectivity index (χ0n) is 10.7. The summed E-state index contributed by atoms with van der Waals surface area (Å²) in [5.74, 6) is -1.32. The van der Waals surface area contributed by atoms with Crippen LogP contribution in [-0.2, 0) is 9.53 Å². The molecule has 3 rings (SSSR count). The van der Waals surface area contributed by atoms with Gasteiger partial charge in [-0.05, 0) is 23.6 Å². The number of ether oxygens (including phenoxy) is 1. The molecule has 0 spiro atoms. The van der Waals surface area contributed by atoms with E-state index in [2.05, 4.69) is 4.98 Å². The molecule has 1 atom stereocenters. The number of nitrogens with one attached hydrogen (secondary N) is 1. The van der Waals surface area contributed by atoms with Crippen molar-refractivity contribution >= 4 is 22.8 Å². The smallest absolute Gasteiger partial charge is 0.328 e. The number of carbonyl (C=O) groups is 2. The normalized spacial score (nSPS) is 19.2. The van der Waals surface area contributed by atoms with Crippen molar-refractivity contribution in [3.05, 3.63) is 36.0 Å². The van der Waals surface area contributed by atoms with Gasteiger partial charge in [0.15, 0.2) is 6.04 Å². The fourth-order valence-corrected chi connectivity index (χ4v) is 2.40. The van der Waals surface area contributed by atoms with Crippen molar-refractivity contribution in [1.82, 2.24) is 9.88 Å². The number of aromatic nitrogens is 1. The van der Waals surface area contributed by atoms with Crippen LogP contribution < -0.4 is 0 Å². The fraction of sp³-hybridized carbons (Fsp3) is 0.286. The van der Waals surface area contributed by atoms with Gasteiger partial charge in [-0.3, -0.25) is 4.79 Å². The van der Waals surface area contributed by atoms with Gasteiger partial charge in [0.05, 0.1) is 13.2 Å². The molecule has 6 heteroatoms. The Labute approximate surface area is 114 Å². The lowest BCUT2D eigenvalue weighted by atomic mass is 10.1. The number of fused-ring (bicyclic) bond motifs is 1. The highest BCUT2D eigenvalue weighted by molar-refractivity contribution is 5.99. The average molecular weight is 274 g/mol. The van der Waals surface area contributed by atoms with E-state index in [-0.39, 0.29) is 12.5 Å². The summed E-state index contributed by atoms with van der Waals surface area (Å²) in [6, 6.07) is 6.29. The zero-order chi connectivity index (χ0) is 14.1. The number of morpholine rings is 1. The Morgan fingerprint density at radius 3 is 3.00 bits per heavy atom. The molecule has 1 saturated heterocycles. The number of nitrogens with zero attached hydrogens (tertiary/aromatic N) is 1. The van der Waals surface area contributed by atoms with Crippen LogP contribution >= 0.6 is 0 Å². The van der Waals surface area contributed by atoms with Crippen LogP contribution in [0.2, 0.25) is 0 Å². The molecule has 1 aliphatic rings. The minimum atomic E-state index is -1.04. The monoisotopic (exact) mass is 274 g/mol. The summed E-state index contributed by atoms with van der Waals surface area (Å²) in [7, 11) is 0. The third kappa shape index (κ3) is 2.14. The first-order valence-electron chi connectivity index (χ1n) is 6.35. The number of hydrogen-bond donors (Lipinski definition) is 2. The maximum Gasteiger partial charge on any atom is 0.328 e. The van der Waals surface area contributed by atoms with Gasteiger partial charge in [-0.2, -0.15) is 0 Å².